The van der Waals surface area contributed by atoms with E-state index in [9.17, 15) is 9.59 Å². The van der Waals surface area contributed by atoms with E-state index in [0.717, 1.165) is 24.9 Å². The van der Waals surface area contributed by atoms with Crippen molar-refractivity contribution in [2.24, 2.45) is 0 Å². The van der Waals surface area contributed by atoms with Crippen LogP contribution >= 0.6 is 12.2 Å². The van der Waals surface area contributed by atoms with Gasteiger partial charge in [0.1, 0.15) is 5.75 Å². The minimum absolute atomic E-state index is 0.119. The third-order valence-electron chi connectivity index (χ3n) is 5.36. The quantitative estimate of drug-likeness (QED) is 0.268. The summed E-state index contributed by atoms with van der Waals surface area (Å²) < 4.78 is 5.81. The number of thiocarbonyl (C=S) groups is 1. The molecule has 0 aliphatic rings. The van der Waals surface area contributed by atoms with Gasteiger partial charge in [0.05, 0.1) is 12.2 Å². The topological polar surface area (TPSA) is 70.7 Å². The summed E-state index contributed by atoms with van der Waals surface area (Å²) in [6.07, 6.45) is 3.10. The molecule has 0 atom stereocenters. The highest BCUT2D eigenvalue weighted by atomic mass is 32.1. The van der Waals surface area contributed by atoms with Crippen LogP contribution in [-0.2, 0) is 0 Å². The molecule has 0 aliphatic heterocycles. The molecule has 7 heteroatoms. The van der Waals surface area contributed by atoms with Crippen molar-refractivity contribution in [1.82, 2.24) is 5.32 Å². The molecule has 0 heterocycles. The van der Waals surface area contributed by atoms with Crippen LogP contribution in [0.4, 0.5) is 11.4 Å². The van der Waals surface area contributed by atoms with Crippen molar-refractivity contribution >= 4 is 40.5 Å². The SMILES string of the molecule is CCCCCOc1ccccc1C(=O)NC(=S)Nc1cccc(C(=O)N(CC)c2ccccc2)c1. The van der Waals surface area contributed by atoms with Crippen LogP contribution in [0.25, 0.3) is 0 Å². The molecular formula is C28H31N3O3S. The maximum absolute atomic E-state index is 13.1. The zero-order valence-electron chi connectivity index (χ0n) is 20.1. The molecule has 0 aromatic heterocycles. The van der Waals surface area contributed by atoms with Crippen LogP contribution in [0.1, 0.15) is 53.8 Å². The molecule has 3 rings (SSSR count). The molecule has 0 spiro atoms. The predicted molar refractivity (Wildman–Crippen MR) is 145 cm³/mol. The molecule has 0 saturated heterocycles. The molecule has 3 aromatic rings. The number of hydrogen-bond donors (Lipinski definition) is 2. The van der Waals surface area contributed by atoms with E-state index in [1.165, 1.54) is 0 Å². The maximum atomic E-state index is 13.1. The van der Waals surface area contributed by atoms with Gasteiger partial charge in [0, 0.05) is 23.5 Å². The number of unbranched alkanes of at least 4 members (excludes halogenated alkanes) is 2. The van der Waals surface area contributed by atoms with Crippen LogP contribution in [0.3, 0.4) is 0 Å². The molecule has 0 bridgehead atoms. The van der Waals surface area contributed by atoms with Crippen LogP contribution < -0.4 is 20.3 Å². The minimum Gasteiger partial charge on any atom is -0.493 e. The largest absolute Gasteiger partial charge is 0.493 e. The number of anilines is 2. The minimum atomic E-state index is -0.359. The zero-order chi connectivity index (χ0) is 25.0. The Morgan fingerprint density at radius 2 is 1.66 bits per heavy atom. The Bertz CT molecular complexity index is 1150. The van der Waals surface area contributed by atoms with Gasteiger partial charge in [-0.05, 0) is 68.0 Å². The van der Waals surface area contributed by atoms with Crippen LogP contribution in [0.5, 0.6) is 5.75 Å². The lowest BCUT2D eigenvalue weighted by Gasteiger charge is -2.21. The van der Waals surface area contributed by atoms with Gasteiger partial charge in [-0.1, -0.05) is 56.2 Å². The number of hydrogen-bond acceptors (Lipinski definition) is 4. The number of nitrogens with one attached hydrogen (secondary N) is 2. The van der Waals surface area contributed by atoms with Crippen LogP contribution in [0.2, 0.25) is 0 Å². The van der Waals surface area contributed by atoms with Crippen molar-refractivity contribution in [3.63, 3.8) is 0 Å². The molecule has 0 fully saturated rings. The Kier molecular flexibility index (Phi) is 9.80. The number of nitrogens with zero attached hydrogens (tertiary/aromatic N) is 1. The molecule has 2 amide bonds. The van der Waals surface area contributed by atoms with Gasteiger partial charge in [0.25, 0.3) is 11.8 Å². The van der Waals surface area contributed by atoms with Gasteiger partial charge < -0.3 is 15.0 Å². The van der Waals surface area contributed by atoms with E-state index in [0.29, 0.717) is 35.7 Å². The Hall–Kier alpha value is -3.71. The molecular weight excluding hydrogens is 458 g/mol. The molecule has 2 N–H and O–H groups in total. The second-order valence-corrected chi connectivity index (χ2v) is 8.33. The van der Waals surface area contributed by atoms with Gasteiger partial charge in [-0.25, -0.2) is 0 Å². The summed E-state index contributed by atoms with van der Waals surface area (Å²) in [6, 6.07) is 23.7. The standard InChI is InChI=1S/C28H31N3O3S/c1-3-5-11-19-34-25-18-10-9-17-24(25)26(32)30-28(35)29-22-14-12-13-21(20-22)27(33)31(4-2)23-15-7-6-8-16-23/h6-10,12-18,20H,3-5,11,19H2,1-2H3,(H2,29,30,32,35). The summed E-state index contributed by atoms with van der Waals surface area (Å²) >= 11 is 5.36. The summed E-state index contributed by atoms with van der Waals surface area (Å²) in [7, 11) is 0. The first-order valence-corrected chi connectivity index (χ1v) is 12.3. The molecule has 6 nitrogen and oxygen atoms in total. The first-order valence-electron chi connectivity index (χ1n) is 11.8. The normalized spacial score (nSPS) is 10.3. The number of rotatable bonds is 10. The van der Waals surface area contributed by atoms with E-state index in [-0.39, 0.29) is 16.9 Å². The molecule has 182 valence electrons. The number of para-hydroxylation sites is 2. The van der Waals surface area contributed by atoms with Crippen molar-refractivity contribution in [2.75, 3.05) is 23.4 Å². The van der Waals surface area contributed by atoms with Crippen LogP contribution in [-0.4, -0.2) is 30.1 Å². The van der Waals surface area contributed by atoms with Crippen LogP contribution in [0, 0.1) is 0 Å². The average Bonchev–Trinajstić information content (AvgIpc) is 2.88. The molecule has 0 radical (unpaired) electrons. The fourth-order valence-corrected chi connectivity index (χ4v) is 3.79. The highest BCUT2D eigenvalue weighted by Crippen LogP contribution is 2.20. The molecule has 35 heavy (non-hydrogen) atoms. The van der Waals surface area contributed by atoms with Crippen molar-refractivity contribution in [1.29, 1.82) is 0 Å². The monoisotopic (exact) mass is 489 g/mol. The summed E-state index contributed by atoms with van der Waals surface area (Å²) in [5.41, 5.74) is 2.37. The van der Waals surface area contributed by atoms with E-state index >= 15 is 0 Å². The van der Waals surface area contributed by atoms with Crippen molar-refractivity contribution in [2.45, 2.75) is 33.1 Å². The second kappa shape index (κ2) is 13.2. The number of carbonyl (C=O) groups is 2. The van der Waals surface area contributed by atoms with Gasteiger partial charge in [-0.2, -0.15) is 0 Å². The number of amides is 2. The summed E-state index contributed by atoms with van der Waals surface area (Å²) in [5, 5.41) is 5.84. The fraction of sp³-hybridized carbons (Fsp3) is 0.250. The van der Waals surface area contributed by atoms with Crippen molar-refractivity contribution < 1.29 is 14.3 Å². The van der Waals surface area contributed by atoms with Gasteiger partial charge in [0.15, 0.2) is 5.11 Å². The van der Waals surface area contributed by atoms with Crippen molar-refractivity contribution in [3.8, 4) is 5.75 Å². The van der Waals surface area contributed by atoms with E-state index in [1.807, 2.05) is 43.3 Å². The molecule has 0 saturated carbocycles. The molecule has 3 aromatic carbocycles. The number of carbonyl (C=O) groups excluding carboxylic acids is 2. The Labute approximate surface area is 212 Å². The lowest BCUT2D eigenvalue weighted by Crippen LogP contribution is -2.34. The van der Waals surface area contributed by atoms with Gasteiger partial charge in [-0.15, -0.1) is 0 Å². The highest BCUT2D eigenvalue weighted by molar-refractivity contribution is 7.80. The number of benzene rings is 3. The van der Waals surface area contributed by atoms with E-state index < -0.39 is 0 Å². The van der Waals surface area contributed by atoms with Gasteiger partial charge in [0.2, 0.25) is 0 Å². The Morgan fingerprint density at radius 1 is 0.914 bits per heavy atom. The molecule has 0 unspecified atom stereocenters. The van der Waals surface area contributed by atoms with Crippen molar-refractivity contribution in [3.05, 3.63) is 90.0 Å². The smallest absolute Gasteiger partial charge is 0.261 e. The third kappa shape index (κ3) is 7.39. The summed E-state index contributed by atoms with van der Waals surface area (Å²) in [6.45, 7) is 5.15. The predicted octanol–water partition coefficient (Wildman–Crippen LogP) is 6.05. The zero-order valence-corrected chi connectivity index (χ0v) is 20.9. The summed E-state index contributed by atoms with van der Waals surface area (Å²) in [4.78, 5) is 27.7. The highest BCUT2D eigenvalue weighted by Gasteiger charge is 2.17. The van der Waals surface area contributed by atoms with E-state index in [4.69, 9.17) is 17.0 Å². The van der Waals surface area contributed by atoms with Gasteiger partial charge in [-0.3, -0.25) is 14.9 Å². The Morgan fingerprint density at radius 3 is 2.40 bits per heavy atom. The third-order valence-corrected chi connectivity index (χ3v) is 5.56. The maximum Gasteiger partial charge on any atom is 0.261 e. The molecule has 0 aliphatic carbocycles. The Balaban J connectivity index is 1.65. The first kappa shape index (κ1) is 25.9. The van der Waals surface area contributed by atoms with E-state index in [2.05, 4.69) is 17.6 Å². The summed E-state index contributed by atoms with van der Waals surface area (Å²) in [5.74, 6) is 0.0468. The second-order valence-electron chi connectivity index (χ2n) is 7.93. The van der Waals surface area contributed by atoms with Gasteiger partial charge >= 0.3 is 0 Å². The lowest BCUT2D eigenvalue weighted by molar-refractivity contribution is 0.0969. The first-order chi connectivity index (χ1) is 17.0. The van der Waals surface area contributed by atoms with Crippen LogP contribution in [0.15, 0.2) is 78.9 Å². The lowest BCUT2D eigenvalue weighted by atomic mass is 10.1. The van der Waals surface area contributed by atoms with E-state index in [1.54, 1.807) is 47.4 Å². The number of ether oxygens (including phenoxy) is 1. The average molecular weight is 490 g/mol. The fourth-order valence-electron chi connectivity index (χ4n) is 3.58.